The van der Waals surface area contributed by atoms with Crippen LogP contribution in [0, 0.1) is 6.92 Å². The first-order valence-corrected chi connectivity index (χ1v) is 10.9. The molecule has 1 aromatic carbocycles. The number of nitrogens with zero attached hydrogens (tertiary/aromatic N) is 2. The standard InChI is InChI=1S/C24H24N6O4/c1-13-18(11-27-24-21(13)25-7-8-34-24)29-17-5-6-26-22(32)20(17)23(33)28-16-4-3-14-10-19(31)30(2)12-15(14)9-16/h3-6,9,11,25H,7-8,10,12H2,1-2H3,(H,28,33)(H2,26,29,32). The number of carbonyl (C=O) groups is 2. The van der Waals surface area contributed by atoms with E-state index in [1.54, 1.807) is 30.3 Å². The molecule has 174 valence electrons. The number of rotatable bonds is 4. The molecule has 0 saturated carbocycles. The number of anilines is 4. The number of carbonyl (C=O) groups excluding carboxylic acids is 2. The lowest BCUT2D eigenvalue weighted by molar-refractivity contribution is -0.130. The van der Waals surface area contributed by atoms with Gasteiger partial charge in [0.25, 0.3) is 11.5 Å². The second-order valence-corrected chi connectivity index (χ2v) is 8.34. The third kappa shape index (κ3) is 3.94. The molecule has 4 heterocycles. The number of nitrogens with one attached hydrogen (secondary N) is 4. The quantitative estimate of drug-likeness (QED) is 0.471. The van der Waals surface area contributed by atoms with Crippen molar-refractivity contribution in [2.75, 3.05) is 36.1 Å². The lowest BCUT2D eigenvalue weighted by Gasteiger charge is -2.25. The van der Waals surface area contributed by atoms with E-state index < -0.39 is 11.5 Å². The number of pyridine rings is 2. The molecule has 0 radical (unpaired) electrons. The van der Waals surface area contributed by atoms with Gasteiger partial charge in [0, 0.05) is 37.6 Å². The highest BCUT2D eigenvalue weighted by molar-refractivity contribution is 6.08. The fourth-order valence-corrected chi connectivity index (χ4v) is 4.16. The highest BCUT2D eigenvalue weighted by atomic mass is 16.5. The van der Waals surface area contributed by atoms with Crippen molar-refractivity contribution in [3.63, 3.8) is 0 Å². The van der Waals surface area contributed by atoms with E-state index in [2.05, 4.69) is 25.9 Å². The third-order valence-corrected chi connectivity index (χ3v) is 6.04. The van der Waals surface area contributed by atoms with Gasteiger partial charge in [-0.3, -0.25) is 14.4 Å². The van der Waals surface area contributed by atoms with Gasteiger partial charge < -0.3 is 30.6 Å². The van der Waals surface area contributed by atoms with Crippen LogP contribution in [-0.4, -0.2) is 46.9 Å². The Kier molecular flexibility index (Phi) is 5.40. The summed E-state index contributed by atoms with van der Waals surface area (Å²) in [6, 6.07) is 7.04. The van der Waals surface area contributed by atoms with Gasteiger partial charge >= 0.3 is 0 Å². The van der Waals surface area contributed by atoms with Crippen molar-refractivity contribution in [3.05, 3.63) is 69.3 Å². The van der Waals surface area contributed by atoms with Gasteiger partial charge in [-0.2, -0.15) is 0 Å². The smallest absolute Gasteiger partial charge is 0.263 e. The van der Waals surface area contributed by atoms with Crippen molar-refractivity contribution in [1.29, 1.82) is 0 Å². The minimum Gasteiger partial charge on any atom is -0.474 e. The average Bonchev–Trinajstić information content (AvgIpc) is 2.82. The third-order valence-electron chi connectivity index (χ3n) is 6.04. The molecule has 2 aromatic heterocycles. The van der Waals surface area contributed by atoms with Crippen LogP contribution >= 0.6 is 0 Å². The Morgan fingerprint density at radius 2 is 2.03 bits per heavy atom. The number of aromatic amines is 1. The van der Waals surface area contributed by atoms with Crippen LogP contribution in [0.2, 0.25) is 0 Å². The van der Waals surface area contributed by atoms with Crippen LogP contribution in [0.4, 0.5) is 22.7 Å². The molecule has 4 N–H and O–H groups in total. The molecular weight excluding hydrogens is 436 g/mol. The maximum absolute atomic E-state index is 13.2. The summed E-state index contributed by atoms with van der Waals surface area (Å²) in [5.41, 5.74) is 4.54. The topological polar surface area (TPSA) is 128 Å². The fraction of sp³-hybridized carbons (Fsp3) is 0.250. The number of H-pyrrole nitrogens is 1. The number of fused-ring (bicyclic) bond motifs is 2. The fourth-order valence-electron chi connectivity index (χ4n) is 4.16. The van der Waals surface area contributed by atoms with Crippen LogP contribution < -0.4 is 26.2 Å². The molecule has 0 bridgehead atoms. The molecule has 0 unspecified atom stereocenters. The molecule has 10 nitrogen and oxygen atoms in total. The van der Waals surface area contributed by atoms with Gasteiger partial charge in [0.1, 0.15) is 17.9 Å². The van der Waals surface area contributed by atoms with Gasteiger partial charge in [-0.1, -0.05) is 6.07 Å². The highest BCUT2D eigenvalue weighted by Crippen LogP contribution is 2.34. The van der Waals surface area contributed by atoms with E-state index in [1.165, 1.54) is 6.20 Å². The second-order valence-electron chi connectivity index (χ2n) is 8.34. The minimum atomic E-state index is -0.547. The number of benzene rings is 1. The van der Waals surface area contributed by atoms with Crippen molar-refractivity contribution in [2.45, 2.75) is 19.9 Å². The number of hydrogen-bond donors (Lipinski definition) is 4. The van der Waals surface area contributed by atoms with E-state index in [0.717, 1.165) is 22.4 Å². The van der Waals surface area contributed by atoms with Crippen LogP contribution in [0.15, 0.2) is 41.5 Å². The molecular formula is C24H24N6O4. The van der Waals surface area contributed by atoms with Crippen LogP contribution in [0.1, 0.15) is 27.0 Å². The van der Waals surface area contributed by atoms with Crippen molar-refractivity contribution < 1.29 is 14.3 Å². The van der Waals surface area contributed by atoms with Crippen LogP contribution in [0.25, 0.3) is 0 Å². The number of amides is 2. The van der Waals surface area contributed by atoms with Gasteiger partial charge in [-0.15, -0.1) is 0 Å². The lowest BCUT2D eigenvalue weighted by Crippen LogP contribution is -2.32. The Morgan fingerprint density at radius 3 is 2.88 bits per heavy atom. The van der Waals surface area contributed by atoms with E-state index in [1.807, 2.05) is 19.1 Å². The monoisotopic (exact) mass is 460 g/mol. The Balaban J connectivity index is 1.42. The lowest BCUT2D eigenvalue weighted by atomic mass is 9.99. The number of aromatic nitrogens is 2. The van der Waals surface area contributed by atoms with Gasteiger partial charge in [0.05, 0.1) is 24.0 Å². The molecule has 2 amide bonds. The number of likely N-dealkylation sites (N-methyl/N-ethyl adjacent to an activating group) is 1. The Labute approximate surface area is 195 Å². The second kappa shape index (κ2) is 8.54. The Morgan fingerprint density at radius 1 is 1.18 bits per heavy atom. The van der Waals surface area contributed by atoms with Gasteiger partial charge in [-0.05, 0) is 36.2 Å². The van der Waals surface area contributed by atoms with Crippen LogP contribution in [-0.2, 0) is 17.8 Å². The first-order chi connectivity index (χ1) is 16.4. The average molecular weight is 460 g/mol. The minimum absolute atomic E-state index is 0.0474. The summed E-state index contributed by atoms with van der Waals surface area (Å²) in [4.78, 5) is 46.3. The summed E-state index contributed by atoms with van der Waals surface area (Å²) in [5, 5.41) is 9.26. The largest absolute Gasteiger partial charge is 0.474 e. The van der Waals surface area contributed by atoms with E-state index in [9.17, 15) is 14.4 Å². The predicted molar refractivity (Wildman–Crippen MR) is 128 cm³/mol. The SMILES string of the molecule is Cc1c(Nc2cc[nH]c(=O)c2C(=O)Nc2ccc3c(c2)CN(C)C(=O)C3)cnc2c1NCCO2. The van der Waals surface area contributed by atoms with Crippen molar-refractivity contribution >= 4 is 34.6 Å². The summed E-state index contributed by atoms with van der Waals surface area (Å²) in [6.45, 7) is 3.59. The maximum Gasteiger partial charge on any atom is 0.263 e. The van der Waals surface area contributed by atoms with Crippen molar-refractivity contribution in [2.24, 2.45) is 0 Å². The zero-order chi connectivity index (χ0) is 23.8. The van der Waals surface area contributed by atoms with Crippen molar-refractivity contribution in [3.8, 4) is 5.88 Å². The molecule has 0 spiro atoms. The zero-order valence-electron chi connectivity index (χ0n) is 18.8. The highest BCUT2D eigenvalue weighted by Gasteiger charge is 2.22. The van der Waals surface area contributed by atoms with E-state index in [0.29, 0.717) is 49.1 Å². The normalized spacial score (nSPS) is 14.4. The summed E-state index contributed by atoms with van der Waals surface area (Å²) >= 11 is 0. The molecule has 0 atom stereocenters. The van der Waals surface area contributed by atoms with Crippen LogP contribution in [0.5, 0.6) is 5.88 Å². The molecule has 2 aliphatic heterocycles. The summed E-state index contributed by atoms with van der Waals surface area (Å²) in [5.74, 6) is 0.0389. The molecule has 0 saturated heterocycles. The number of ether oxygens (including phenoxy) is 1. The van der Waals surface area contributed by atoms with E-state index in [-0.39, 0.29) is 11.5 Å². The first-order valence-electron chi connectivity index (χ1n) is 10.9. The predicted octanol–water partition coefficient (Wildman–Crippen LogP) is 2.39. The van der Waals surface area contributed by atoms with Gasteiger partial charge in [-0.25, -0.2) is 4.98 Å². The summed E-state index contributed by atoms with van der Waals surface area (Å²) in [7, 11) is 1.75. The first kappa shape index (κ1) is 21.5. The summed E-state index contributed by atoms with van der Waals surface area (Å²) in [6.07, 6.45) is 3.43. The van der Waals surface area contributed by atoms with Gasteiger partial charge in [0.2, 0.25) is 11.8 Å². The van der Waals surface area contributed by atoms with E-state index in [4.69, 9.17) is 4.74 Å². The van der Waals surface area contributed by atoms with Gasteiger partial charge in [0.15, 0.2) is 0 Å². The summed E-state index contributed by atoms with van der Waals surface area (Å²) < 4.78 is 5.57. The number of hydrogen-bond acceptors (Lipinski definition) is 7. The molecule has 0 aliphatic carbocycles. The molecule has 2 aliphatic rings. The van der Waals surface area contributed by atoms with E-state index >= 15 is 0 Å². The molecule has 5 rings (SSSR count). The molecule has 10 heteroatoms. The van der Waals surface area contributed by atoms with Crippen LogP contribution in [0.3, 0.4) is 0 Å². The van der Waals surface area contributed by atoms with Crippen molar-refractivity contribution in [1.82, 2.24) is 14.9 Å². The Hall–Kier alpha value is -4.34. The Bertz CT molecular complexity index is 1370. The maximum atomic E-state index is 13.2. The zero-order valence-corrected chi connectivity index (χ0v) is 18.8. The molecule has 3 aromatic rings. The molecule has 0 fully saturated rings. The molecule has 34 heavy (non-hydrogen) atoms.